The van der Waals surface area contributed by atoms with E-state index in [-0.39, 0.29) is 0 Å². The third-order valence-corrected chi connectivity index (χ3v) is 3.35. The van der Waals surface area contributed by atoms with Gasteiger partial charge < -0.3 is 10.2 Å². The largest absolute Gasteiger partial charge is 0.400 e. The monoisotopic (exact) mass is 396 g/mol. The molecule has 0 radical (unpaired) electrons. The fourth-order valence-corrected chi connectivity index (χ4v) is 2.02. The number of halogens is 14. The summed E-state index contributed by atoms with van der Waals surface area (Å²) in [5.41, 5.74) is -16.0. The zero-order valence-electron chi connectivity index (χ0n) is 10.2. The number of alkyl halides is 14. The van der Waals surface area contributed by atoms with Crippen LogP contribution in [-0.4, -0.2) is 57.5 Å². The first-order valence-electron chi connectivity index (χ1n) is 5.09. The van der Waals surface area contributed by atoms with E-state index < -0.39 is 47.2 Å². The summed E-state index contributed by atoms with van der Waals surface area (Å²) in [6.45, 7) is 0. The van der Waals surface area contributed by atoms with Gasteiger partial charge in [0, 0.05) is 0 Å². The SMILES string of the molecule is OC(F)(F)C1(F)C(F)(F)C(F)(F)C(F)(F)C(F)(C(O)(F)F)C1(F)F. The molecule has 0 aromatic rings. The normalized spacial score (nSPS) is 38.0. The van der Waals surface area contributed by atoms with Crippen molar-refractivity contribution in [3.8, 4) is 0 Å². The number of hydrogen-bond acceptors (Lipinski definition) is 2. The predicted molar refractivity (Wildman–Crippen MR) is 41.8 cm³/mol. The van der Waals surface area contributed by atoms with Crippen LogP contribution in [0, 0.1) is 0 Å². The van der Waals surface area contributed by atoms with Gasteiger partial charge in [-0.05, 0) is 0 Å². The van der Waals surface area contributed by atoms with Crippen LogP contribution in [-0.2, 0) is 0 Å². The summed E-state index contributed by atoms with van der Waals surface area (Å²) in [4.78, 5) is 0. The van der Waals surface area contributed by atoms with Crippen LogP contribution in [0.2, 0.25) is 0 Å². The second-order valence-electron chi connectivity index (χ2n) is 4.70. The molecule has 0 saturated heterocycles. The Morgan fingerprint density at radius 1 is 0.417 bits per heavy atom. The summed E-state index contributed by atoms with van der Waals surface area (Å²) in [6.07, 6.45) is -14.9. The summed E-state index contributed by atoms with van der Waals surface area (Å²) in [6, 6.07) is 0. The standard InChI is InChI=1S/C8H2F14O2/c9-1(7(19,20)23)3(11,12)2(10,8(21,22)24)5(15,16)6(17,18)4(1,13)14/h23-24H. The molecule has 144 valence electrons. The van der Waals surface area contributed by atoms with Crippen molar-refractivity contribution in [2.45, 2.75) is 47.2 Å². The number of aliphatic hydroxyl groups is 2. The molecular formula is C8H2F14O2. The average Bonchev–Trinajstić information content (AvgIpc) is 2.31. The lowest BCUT2D eigenvalue weighted by Gasteiger charge is -2.56. The molecule has 2 atom stereocenters. The lowest BCUT2D eigenvalue weighted by Crippen LogP contribution is -2.91. The molecule has 0 aromatic carbocycles. The summed E-state index contributed by atoms with van der Waals surface area (Å²) in [5, 5.41) is 15.5. The summed E-state index contributed by atoms with van der Waals surface area (Å²) < 4.78 is 181. The van der Waals surface area contributed by atoms with Gasteiger partial charge >= 0.3 is 47.2 Å². The Morgan fingerprint density at radius 2 is 0.625 bits per heavy atom. The highest BCUT2D eigenvalue weighted by Crippen LogP contribution is 2.73. The minimum atomic E-state index is -8.13. The molecule has 0 aliphatic heterocycles. The van der Waals surface area contributed by atoms with Crippen LogP contribution < -0.4 is 0 Å². The van der Waals surface area contributed by atoms with Crippen LogP contribution in [0.4, 0.5) is 61.5 Å². The summed E-state index contributed by atoms with van der Waals surface area (Å²) in [7, 11) is 0. The molecule has 0 amide bonds. The van der Waals surface area contributed by atoms with Crippen molar-refractivity contribution < 1.29 is 71.7 Å². The quantitative estimate of drug-likeness (QED) is 0.705. The third-order valence-electron chi connectivity index (χ3n) is 3.35. The lowest BCUT2D eigenvalue weighted by molar-refractivity contribution is -0.535. The molecule has 0 spiro atoms. The first-order chi connectivity index (χ1) is 10.0. The maximum absolute atomic E-state index is 13.5. The van der Waals surface area contributed by atoms with E-state index in [1.165, 1.54) is 0 Å². The van der Waals surface area contributed by atoms with E-state index in [1.807, 2.05) is 0 Å². The maximum Gasteiger partial charge on any atom is 0.400 e. The van der Waals surface area contributed by atoms with E-state index >= 15 is 0 Å². The minimum absolute atomic E-state index is 7.44. The Morgan fingerprint density at radius 3 is 0.792 bits per heavy atom. The molecule has 0 aromatic heterocycles. The molecule has 2 N–H and O–H groups in total. The lowest BCUT2D eigenvalue weighted by atomic mass is 9.65. The fourth-order valence-electron chi connectivity index (χ4n) is 2.02. The second kappa shape index (κ2) is 4.37. The van der Waals surface area contributed by atoms with Crippen LogP contribution in [0.5, 0.6) is 0 Å². The highest BCUT2D eigenvalue weighted by atomic mass is 19.4. The van der Waals surface area contributed by atoms with Gasteiger partial charge in [-0.3, -0.25) is 0 Å². The van der Waals surface area contributed by atoms with Crippen LogP contribution in [0.25, 0.3) is 0 Å². The molecule has 24 heavy (non-hydrogen) atoms. The molecule has 16 heteroatoms. The van der Waals surface area contributed by atoms with Crippen molar-refractivity contribution in [1.29, 1.82) is 0 Å². The molecule has 1 aliphatic carbocycles. The highest BCUT2D eigenvalue weighted by molar-refractivity contribution is 5.32. The van der Waals surface area contributed by atoms with Crippen LogP contribution in [0.15, 0.2) is 0 Å². The number of rotatable bonds is 2. The molecule has 0 heterocycles. The summed E-state index contributed by atoms with van der Waals surface area (Å²) in [5.74, 6) is -32.1. The van der Waals surface area contributed by atoms with Crippen LogP contribution in [0.1, 0.15) is 0 Å². The van der Waals surface area contributed by atoms with Gasteiger partial charge in [-0.1, -0.05) is 0 Å². The number of hydrogen-bond donors (Lipinski definition) is 2. The van der Waals surface area contributed by atoms with E-state index in [2.05, 4.69) is 0 Å². The molecule has 0 bridgehead atoms. The Balaban J connectivity index is 4.14. The Labute approximate surface area is 120 Å². The smallest absolute Gasteiger partial charge is 0.333 e. The van der Waals surface area contributed by atoms with Gasteiger partial charge in [0.1, 0.15) is 0 Å². The molecule has 1 fully saturated rings. The Bertz CT molecular complexity index is 488. The van der Waals surface area contributed by atoms with Gasteiger partial charge in [0.05, 0.1) is 0 Å². The van der Waals surface area contributed by atoms with Crippen molar-refractivity contribution in [2.75, 3.05) is 0 Å². The fraction of sp³-hybridized carbons (Fsp3) is 1.00. The zero-order valence-corrected chi connectivity index (χ0v) is 10.2. The van der Waals surface area contributed by atoms with E-state index in [0.717, 1.165) is 0 Å². The predicted octanol–water partition coefficient (Wildman–Crippen LogP) is 3.13. The maximum atomic E-state index is 13.5. The van der Waals surface area contributed by atoms with Gasteiger partial charge in [0.2, 0.25) is 0 Å². The third kappa shape index (κ3) is 1.65. The van der Waals surface area contributed by atoms with E-state index in [1.54, 1.807) is 0 Å². The van der Waals surface area contributed by atoms with Gasteiger partial charge in [0.25, 0.3) is 0 Å². The zero-order chi connectivity index (χ0) is 20.0. The molecule has 2 unspecified atom stereocenters. The van der Waals surface area contributed by atoms with E-state index in [4.69, 9.17) is 10.2 Å². The Kier molecular flexibility index (Phi) is 3.82. The van der Waals surface area contributed by atoms with Gasteiger partial charge in [-0.25, -0.2) is 8.78 Å². The van der Waals surface area contributed by atoms with Gasteiger partial charge in [0.15, 0.2) is 0 Å². The molecule has 2 nitrogen and oxygen atoms in total. The Hall–Kier alpha value is -1.06. The van der Waals surface area contributed by atoms with Crippen molar-refractivity contribution in [3.05, 3.63) is 0 Å². The summed E-state index contributed by atoms with van der Waals surface area (Å²) >= 11 is 0. The van der Waals surface area contributed by atoms with Crippen molar-refractivity contribution in [2.24, 2.45) is 0 Å². The first-order valence-corrected chi connectivity index (χ1v) is 5.09. The molecule has 1 aliphatic rings. The van der Waals surface area contributed by atoms with Crippen molar-refractivity contribution >= 4 is 0 Å². The van der Waals surface area contributed by atoms with Gasteiger partial charge in [-0.2, -0.15) is 52.7 Å². The minimum Gasteiger partial charge on any atom is -0.333 e. The first kappa shape index (κ1) is 21.0. The van der Waals surface area contributed by atoms with E-state index in [0.29, 0.717) is 0 Å². The van der Waals surface area contributed by atoms with Crippen LogP contribution >= 0.6 is 0 Å². The second-order valence-corrected chi connectivity index (χ2v) is 4.70. The topological polar surface area (TPSA) is 40.5 Å². The highest BCUT2D eigenvalue weighted by Gasteiger charge is 3.07. The van der Waals surface area contributed by atoms with Crippen molar-refractivity contribution in [1.82, 2.24) is 0 Å². The van der Waals surface area contributed by atoms with E-state index in [9.17, 15) is 61.5 Å². The van der Waals surface area contributed by atoms with Crippen LogP contribution in [0.3, 0.4) is 0 Å². The molecular weight excluding hydrogens is 394 g/mol. The average molecular weight is 396 g/mol. The van der Waals surface area contributed by atoms with Crippen molar-refractivity contribution in [3.63, 3.8) is 0 Å². The van der Waals surface area contributed by atoms with Gasteiger partial charge in [-0.15, -0.1) is 0 Å². The molecule has 1 rings (SSSR count). The molecule has 1 saturated carbocycles.